The Bertz CT molecular complexity index is 1400. The molecule has 7 heteroatoms. The predicted octanol–water partition coefficient (Wildman–Crippen LogP) is 5.37. The highest BCUT2D eigenvalue weighted by Crippen LogP contribution is 2.37. The fraction of sp³-hybridized carbons (Fsp3) is 0.120. The van der Waals surface area contributed by atoms with Crippen LogP contribution in [0, 0.1) is 6.92 Å². The zero-order valence-corrected chi connectivity index (χ0v) is 18.0. The van der Waals surface area contributed by atoms with Crippen molar-refractivity contribution in [2.24, 2.45) is 0 Å². The number of hydrogen-bond acceptors (Lipinski definition) is 7. The molecule has 0 atom stereocenters. The van der Waals surface area contributed by atoms with Crippen molar-refractivity contribution in [1.29, 1.82) is 0 Å². The highest BCUT2D eigenvalue weighted by atomic mass is 16.5. The molecule has 7 nitrogen and oxygen atoms in total. The summed E-state index contributed by atoms with van der Waals surface area (Å²) in [5.41, 5.74) is 5.66. The predicted molar refractivity (Wildman–Crippen MR) is 125 cm³/mol. The maximum atomic E-state index is 5.76. The number of rotatable bonds is 5. The summed E-state index contributed by atoms with van der Waals surface area (Å²) >= 11 is 0. The maximum Gasteiger partial charge on any atom is 0.225 e. The van der Waals surface area contributed by atoms with Gasteiger partial charge in [-0.1, -0.05) is 6.07 Å². The van der Waals surface area contributed by atoms with Gasteiger partial charge in [-0.15, -0.1) is 0 Å². The second-order valence-corrected chi connectivity index (χ2v) is 7.33. The first-order chi connectivity index (χ1) is 15.7. The van der Waals surface area contributed by atoms with Crippen LogP contribution in [0.1, 0.15) is 5.56 Å². The average molecular weight is 423 g/mol. The van der Waals surface area contributed by atoms with Gasteiger partial charge in [0.05, 0.1) is 13.3 Å². The van der Waals surface area contributed by atoms with E-state index in [4.69, 9.17) is 19.1 Å². The average Bonchev–Trinajstić information content (AvgIpc) is 3.38. The standard InChI is InChI=1S/C25H21N5O2/c1-15-6-7-16(25-28-9-10-32-25)11-19(15)18-12-20-22(21(13-18)31-3)29-23(30-24(20)26-2)17-5-4-8-27-14-17/h4-14H,1-3H3,(H,26,29,30). The minimum absolute atomic E-state index is 0.583. The number of aryl methyl sites for hydroxylation is 1. The summed E-state index contributed by atoms with van der Waals surface area (Å²) in [7, 11) is 3.50. The number of nitrogens with zero attached hydrogens (tertiary/aromatic N) is 4. The summed E-state index contributed by atoms with van der Waals surface area (Å²) in [6, 6.07) is 14.0. The minimum Gasteiger partial charge on any atom is -0.494 e. The molecule has 0 unspecified atom stereocenters. The van der Waals surface area contributed by atoms with Crippen LogP contribution in [-0.2, 0) is 0 Å². The zero-order chi connectivity index (χ0) is 22.1. The summed E-state index contributed by atoms with van der Waals surface area (Å²) in [5, 5.41) is 4.08. The highest BCUT2D eigenvalue weighted by Gasteiger charge is 2.16. The number of pyridine rings is 1. The number of methoxy groups -OCH3 is 1. The van der Waals surface area contributed by atoms with Crippen LogP contribution in [0.3, 0.4) is 0 Å². The van der Waals surface area contributed by atoms with Gasteiger partial charge in [-0.05, 0) is 60.0 Å². The summed E-state index contributed by atoms with van der Waals surface area (Å²) < 4.78 is 11.2. The van der Waals surface area contributed by atoms with Crippen molar-refractivity contribution >= 4 is 16.7 Å². The Morgan fingerprint density at radius 1 is 0.969 bits per heavy atom. The van der Waals surface area contributed by atoms with Crippen molar-refractivity contribution in [3.63, 3.8) is 0 Å². The number of aromatic nitrogens is 4. The summed E-state index contributed by atoms with van der Waals surface area (Å²) in [4.78, 5) is 18.0. The number of hydrogen-bond donors (Lipinski definition) is 1. The van der Waals surface area contributed by atoms with Crippen LogP contribution < -0.4 is 10.1 Å². The molecule has 5 aromatic rings. The lowest BCUT2D eigenvalue weighted by Gasteiger charge is -2.15. The molecule has 0 aliphatic heterocycles. The molecule has 0 aliphatic carbocycles. The third-order valence-electron chi connectivity index (χ3n) is 5.37. The monoisotopic (exact) mass is 423 g/mol. The lowest BCUT2D eigenvalue weighted by Crippen LogP contribution is -2.01. The first-order valence-corrected chi connectivity index (χ1v) is 10.2. The van der Waals surface area contributed by atoms with Crippen LogP contribution in [0.5, 0.6) is 5.75 Å². The van der Waals surface area contributed by atoms with E-state index in [0.717, 1.165) is 44.5 Å². The number of ether oxygens (including phenoxy) is 1. The minimum atomic E-state index is 0.583. The third-order valence-corrected chi connectivity index (χ3v) is 5.37. The lowest BCUT2D eigenvalue weighted by molar-refractivity contribution is 0.419. The fourth-order valence-electron chi connectivity index (χ4n) is 3.76. The van der Waals surface area contributed by atoms with Gasteiger partial charge in [-0.3, -0.25) is 4.98 Å². The van der Waals surface area contributed by atoms with Gasteiger partial charge in [0.1, 0.15) is 23.3 Å². The maximum absolute atomic E-state index is 5.76. The number of fused-ring (bicyclic) bond motifs is 1. The molecule has 0 saturated heterocycles. The molecular weight excluding hydrogens is 402 g/mol. The van der Waals surface area contributed by atoms with Crippen molar-refractivity contribution in [2.45, 2.75) is 6.92 Å². The molecule has 0 amide bonds. The van der Waals surface area contributed by atoms with Crippen LogP contribution in [0.2, 0.25) is 0 Å². The largest absolute Gasteiger partial charge is 0.494 e. The molecule has 0 bridgehead atoms. The van der Waals surface area contributed by atoms with E-state index in [1.165, 1.54) is 0 Å². The van der Waals surface area contributed by atoms with Gasteiger partial charge in [-0.25, -0.2) is 15.0 Å². The Morgan fingerprint density at radius 2 is 1.88 bits per heavy atom. The Labute approximate surface area is 185 Å². The van der Waals surface area contributed by atoms with E-state index in [1.54, 1.807) is 32.0 Å². The third kappa shape index (κ3) is 3.43. The second-order valence-electron chi connectivity index (χ2n) is 7.33. The molecule has 0 fully saturated rings. The summed E-state index contributed by atoms with van der Waals surface area (Å²) in [5.74, 6) is 2.56. The quantitative estimate of drug-likeness (QED) is 0.406. The van der Waals surface area contributed by atoms with Crippen molar-refractivity contribution in [2.75, 3.05) is 19.5 Å². The normalized spacial score (nSPS) is 11.0. The molecule has 0 radical (unpaired) electrons. The Balaban J connectivity index is 1.72. The molecule has 1 N–H and O–H groups in total. The van der Waals surface area contributed by atoms with E-state index in [-0.39, 0.29) is 0 Å². The van der Waals surface area contributed by atoms with E-state index in [1.807, 2.05) is 31.3 Å². The topological polar surface area (TPSA) is 86.0 Å². The van der Waals surface area contributed by atoms with Crippen molar-refractivity contribution in [3.05, 3.63) is 72.9 Å². The Kier molecular flexibility index (Phi) is 4.99. The highest BCUT2D eigenvalue weighted by molar-refractivity contribution is 5.98. The Hall–Kier alpha value is -4.26. The first-order valence-electron chi connectivity index (χ1n) is 10.2. The van der Waals surface area contributed by atoms with Gasteiger partial charge < -0.3 is 14.5 Å². The van der Waals surface area contributed by atoms with Crippen molar-refractivity contribution in [1.82, 2.24) is 19.9 Å². The van der Waals surface area contributed by atoms with Crippen molar-refractivity contribution < 1.29 is 9.15 Å². The van der Waals surface area contributed by atoms with Crippen LogP contribution in [-0.4, -0.2) is 34.1 Å². The van der Waals surface area contributed by atoms with Crippen LogP contribution in [0.4, 0.5) is 5.82 Å². The molecule has 0 saturated carbocycles. The molecule has 3 heterocycles. The van der Waals surface area contributed by atoms with E-state index in [2.05, 4.69) is 40.4 Å². The first kappa shape index (κ1) is 19.7. The van der Waals surface area contributed by atoms with E-state index in [0.29, 0.717) is 17.5 Å². The summed E-state index contributed by atoms with van der Waals surface area (Å²) in [6.45, 7) is 2.08. The smallest absolute Gasteiger partial charge is 0.225 e. The van der Waals surface area contributed by atoms with Crippen LogP contribution in [0.25, 0.3) is 44.9 Å². The number of benzene rings is 2. The van der Waals surface area contributed by atoms with Gasteiger partial charge in [-0.2, -0.15) is 0 Å². The zero-order valence-electron chi connectivity index (χ0n) is 18.0. The second kappa shape index (κ2) is 8.11. The van der Waals surface area contributed by atoms with Gasteiger partial charge >= 0.3 is 0 Å². The van der Waals surface area contributed by atoms with Gasteiger partial charge in [0, 0.05) is 36.0 Å². The number of anilines is 1. The van der Waals surface area contributed by atoms with E-state index < -0.39 is 0 Å². The fourth-order valence-corrected chi connectivity index (χ4v) is 3.76. The molecule has 3 aromatic heterocycles. The molecule has 0 spiro atoms. The van der Waals surface area contributed by atoms with Gasteiger partial charge in [0.25, 0.3) is 0 Å². The SMILES string of the molecule is CNc1nc(-c2cccnc2)nc2c(OC)cc(-c3cc(-c4ncco4)ccc3C)cc12. The number of nitrogens with one attached hydrogen (secondary N) is 1. The van der Waals surface area contributed by atoms with E-state index in [9.17, 15) is 0 Å². The molecule has 0 aliphatic rings. The Morgan fingerprint density at radius 3 is 2.59 bits per heavy atom. The molecular formula is C25H21N5O2. The molecule has 32 heavy (non-hydrogen) atoms. The summed E-state index contributed by atoms with van der Waals surface area (Å²) in [6.07, 6.45) is 6.69. The van der Waals surface area contributed by atoms with E-state index >= 15 is 0 Å². The van der Waals surface area contributed by atoms with Crippen LogP contribution >= 0.6 is 0 Å². The van der Waals surface area contributed by atoms with Gasteiger partial charge in [0.2, 0.25) is 5.89 Å². The lowest BCUT2D eigenvalue weighted by atomic mass is 9.96. The molecule has 5 rings (SSSR count). The molecule has 158 valence electrons. The number of oxazole rings is 1. The van der Waals surface area contributed by atoms with Gasteiger partial charge in [0.15, 0.2) is 5.82 Å². The van der Waals surface area contributed by atoms with Crippen molar-refractivity contribution in [3.8, 4) is 39.7 Å². The molecule has 2 aromatic carbocycles. The van der Waals surface area contributed by atoms with Crippen LogP contribution in [0.15, 0.2) is 71.7 Å².